The van der Waals surface area contributed by atoms with E-state index >= 15 is 0 Å². The molecule has 2 aliphatic carbocycles. The number of rotatable bonds is 2. The number of esters is 1. The second kappa shape index (κ2) is 3.59. The van der Waals surface area contributed by atoms with Gasteiger partial charge in [0.2, 0.25) is 0 Å². The van der Waals surface area contributed by atoms with E-state index in [0.717, 1.165) is 12.8 Å². The molecule has 0 spiro atoms. The molecule has 1 aromatic rings. The van der Waals surface area contributed by atoms with Crippen molar-refractivity contribution in [2.45, 2.75) is 46.1 Å². The minimum Gasteiger partial charge on any atom is -0.458 e. The fraction of sp³-hybridized carbons (Fsp3) is 0.714. The van der Waals surface area contributed by atoms with Crippen molar-refractivity contribution in [3.8, 4) is 0 Å². The number of hydrogen-bond donors (Lipinski definition) is 1. The fourth-order valence-corrected chi connectivity index (χ4v) is 3.87. The van der Waals surface area contributed by atoms with Crippen LogP contribution in [0.3, 0.4) is 0 Å². The largest absolute Gasteiger partial charge is 0.458 e. The van der Waals surface area contributed by atoms with Gasteiger partial charge in [0.15, 0.2) is 0 Å². The van der Waals surface area contributed by atoms with E-state index in [2.05, 4.69) is 31.0 Å². The lowest BCUT2D eigenvalue weighted by Crippen LogP contribution is -2.38. The lowest BCUT2D eigenvalue weighted by atomic mass is 9.70. The van der Waals surface area contributed by atoms with Crippen molar-refractivity contribution in [2.24, 2.45) is 16.7 Å². The molecule has 2 fully saturated rings. The number of nitrogens with one attached hydrogen (secondary N) is 1. The van der Waals surface area contributed by atoms with E-state index < -0.39 is 0 Å². The Bertz CT molecular complexity index is 466. The summed E-state index contributed by atoms with van der Waals surface area (Å²) in [4.78, 5) is 12.0. The summed E-state index contributed by atoms with van der Waals surface area (Å²) in [7, 11) is 0. The number of nitrogens with zero attached hydrogens (tertiary/aromatic N) is 1. The van der Waals surface area contributed by atoms with Gasteiger partial charge in [-0.05, 0) is 30.6 Å². The van der Waals surface area contributed by atoms with Gasteiger partial charge in [-0.25, -0.2) is 4.79 Å². The van der Waals surface area contributed by atoms with Crippen LogP contribution >= 0.6 is 0 Å². The molecule has 1 heterocycles. The summed E-state index contributed by atoms with van der Waals surface area (Å²) in [6, 6.07) is 0. The van der Waals surface area contributed by atoms with Crippen LogP contribution < -0.4 is 0 Å². The van der Waals surface area contributed by atoms with Crippen LogP contribution in [0.15, 0.2) is 12.4 Å². The highest BCUT2D eigenvalue weighted by molar-refractivity contribution is 5.88. The SMILES string of the molecule is CC1(C)C2CCC1(C)C(OC(=O)c1cn[nH]c1)C2. The predicted octanol–water partition coefficient (Wildman–Crippen LogP) is 2.78. The second-order valence-electron chi connectivity index (χ2n) is 6.49. The number of aromatic amines is 1. The predicted molar refractivity (Wildman–Crippen MR) is 67.0 cm³/mol. The lowest BCUT2D eigenvalue weighted by molar-refractivity contribution is -0.0242. The van der Waals surface area contributed by atoms with Gasteiger partial charge in [-0.2, -0.15) is 5.10 Å². The minimum atomic E-state index is -0.252. The van der Waals surface area contributed by atoms with Crippen LogP contribution in [0, 0.1) is 16.7 Å². The van der Waals surface area contributed by atoms with E-state index in [-0.39, 0.29) is 22.9 Å². The highest BCUT2D eigenvalue weighted by atomic mass is 16.5. The van der Waals surface area contributed by atoms with Crippen molar-refractivity contribution < 1.29 is 9.53 Å². The van der Waals surface area contributed by atoms with Gasteiger partial charge in [0.25, 0.3) is 0 Å². The molecule has 2 bridgehead atoms. The number of aromatic nitrogens is 2. The third-order valence-electron chi connectivity index (χ3n) is 5.70. The van der Waals surface area contributed by atoms with Crippen molar-refractivity contribution in [1.29, 1.82) is 0 Å². The van der Waals surface area contributed by atoms with E-state index in [1.807, 2.05) is 0 Å². The van der Waals surface area contributed by atoms with Crippen LogP contribution in [0.5, 0.6) is 0 Å². The molecule has 4 heteroatoms. The summed E-state index contributed by atoms with van der Waals surface area (Å²) in [5, 5.41) is 6.43. The monoisotopic (exact) mass is 248 g/mol. The molecule has 0 amide bonds. The van der Waals surface area contributed by atoms with E-state index in [4.69, 9.17) is 4.74 Å². The van der Waals surface area contributed by atoms with E-state index in [0.29, 0.717) is 11.5 Å². The molecule has 0 aliphatic heterocycles. The molecule has 1 aromatic heterocycles. The summed E-state index contributed by atoms with van der Waals surface area (Å²) < 4.78 is 5.73. The van der Waals surface area contributed by atoms with Gasteiger partial charge in [0, 0.05) is 11.6 Å². The molecule has 2 aliphatic rings. The number of carbonyl (C=O) groups is 1. The van der Waals surface area contributed by atoms with Crippen LogP contribution in [-0.4, -0.2) is 22.3 Å². The van der Waals surface area contributed by atoms with Gasteiger partial charge in [-0.3, -0.25) is 5.10 Å². The smallest absolute Gasteiger partial charge is 0.341 e. The molecule has 0 radical (unpaired) electrons. The average molecular weight is 248 g/mol. The van der Waals surface area contributed by atoms with Crippen molar-refractivity contribution in [2.75, 3.05) is 0 Å². The molecule has 3 atom stereocenters. The van der Waals surface area contributed by atoms with Gasteiger partial charge in [-0.15, -0.1) is 0 Å². The topological polar surface area (TPSA) is 55.0 Å². The van der Waals surface area contributed by atoms with Crippen molar-refractivity contribution >= 4 is 5.97 Å². The first kappa shape index (κ1) is 11.8. The molecule has 3 unspecified atom stereocenters. The molecule has 98 valence electrons. The molecular weight excluding hydrogens is 228 g/mol. The van der Waals surface area contributed by atoms with Gasteiger partial charge in [0.05, 0.1) is 11.8 Å². The van der Waals surface area contributed by atoms with E-state index in [9.17, 15) is 4.79 Å². The van der Waals surface area contributed by atoms with Gasteiger partial charge in [0.1, 0.15) is 6.10 Å². The maximum Gasteiger partial charge on any atom is 0.341 e. The first-order chi connectivity index (χ1) is 8.45. The number of carbonyl (C=O) groups excluding carboxylic acids is 1. The number of fused-ring (bicyclic) bond motifs is 2. The maximum absolute atomic E-state index is 12.0. The van der Waals surface area contributed by atoms with Crippen molar-refractivity contribution in [3.05, 3.63) is 18.0 Å². The molecule has 2 saturated carbocycles. The van der Waals surface area contributed by atoms with Crippen LogP contribution in [0.4, 0.5) is 0 Å². The molecule has 0 saturated heterocycles. The number of hydrogen-bond acceptors (Lipinski definition) is 3. The van der Waals surface area contributed by atoms with Crippen LogP contribution in [0.25, 0.3) is 0 Å². The van der Waals surface area contributed by atoms with Crippen LogP contribution in [-0.2, 0) is 4.74 Å². The Morgan fingerprint density at radius 1 is 1.50 bits per heavy atom. The zero-order valence-corrected chi connectivity index (χ0v) is 11.2. The Hall–Kier alpha value is -1.32. The van der Waals surface area contributed by atoms with Gasteiger partial charge < -0.3 is 4.74 Å². The maximum atomic E-state index is 12.0. The number of ether oxygens (including phenoxy) is 1. The van der Waals surface area contributed by atoms with Crippen LogP contribution in [0.1, 0.15) is 50.4 Å². The summed E-state index contributed by atoms with van der Waals surface area (Å²) in [6.07, 6.45) is 6.59. The molecule has 1 N–H and O–H groups in total. The third kappa shape index (κ3) is 1.38. The Morgan fingerprint density at radius 3 is 2.78 bits per heavy atom. The Balaban J connectivity index is 1.78. The summed E-state index contributed by atoms with van der Waals surface area (Å²) in [6.45, 7) is 6.90. The first-order valence-electron chi connectivity index (χ1n) is 6.65. The molecule has 4 nitrogen and oxygen atoms in total. The zero-order chi connectivity index (χ0) is 13.0. The summed E-state index contributed by atoms with van der Waals surface area (Å²) in [5.74, 6) is 0.433. The molecule has 18 heavy (non-hydrogen) atoms. The molecule has 3 rings (SSSR count). The third-order valence-corrected chi connectivity index (χ3v) is 5.70. The van der Waals surface area contributed by atoms with Crippen molar-refractivity contribution in [1.82, 2.24) is 10.2 Å². The Labute approximate surface area is 107 Å². The average Bonchev–Trinajstić information content (AvgIpc) is 2.95. The van der Waals surface area contributed by atoms with Crippen LogP contribution in [0.2, 0.25) is 0 Å². The van der Waals surface area contributed by atoms with Gasteiger partial charge in [-0.1, -0.05) is 20.8 Å². The van der Waals surface area contributed by atoms with E-state index in [1.165, 1.54) is 12.6 Å². The highest BCUT2D eigenvalue weighted by Crippen LogP contribution is 2.66. The van der Waals surface area contributed by atoms with E-state index in [1.54, 1.807) is 6.20 Å². The summed E-state index contributed by atoms with van der Waals surface area (Å²) >= 11 is 0. The molecular formula is C14H20N2O2. The summed E-state index contributed by atoms with van der Waals surface area (Å²) in [5.41, 5.74) is 0.907. The molecule has 0 aromatic carbocycles. The zero-order valence-electron chi connectivity index (χ0n) is 11.2. The quantitative estimate of drug-likeness (QED) is 0.819. The normalized spacial score (nSPS) is 36.8. The lowest BCUT2D eigenvalue weighted by Gasteiger charge is -2.38. The van der Waals surface area contributed by atoms with Gasteiger partial charge >= 0.3 is 5.97 Å². The number of H-pyrrole nitrogens is 1. The standard InChI is InChI=1S/C14H20N2O2/c1-13(2)10-4-5-14(13,3)11(6-10)18-12(17)9-7-15-16-8-9/h7-8,10-11H,4-6H2,1-3H3,(H,15,16). The highest BCUT2D eigenvalue weighted by Gasteiger charge is 2.62. The Kier molecular flexibility index (Phi) is 2.34. The first-order valence-corrected chi connectivity index (χ1v) is 6.65. The van der Waals surface area contributed by atoms with Crippen molar-refractivity contribution in [3.63, 3.8) is 0 Å². The Morgan fingerprint density at radius 2 is 2.28 bits per heavy atom. The fourth-order valence-electron chi connectivity index (χ4n) is 3.87. The second-order valence-corrected chi connectivity index (χ2v) is 6.49. The minimum absolute atomic E-state index is 0.0497.